The topological polar surface area (TPSA) is 49.8 Å². The van der Waals surface area contributed by atoms with Crippen LogP contribution in [0.4, 0.5) is 8.78 Å². The molecule has 1 aliphatic heterocycles. The number of amides is 1. The summed E-state index contributed by atoms with van der Waals surface area (Å²) < 4.78 is 31.3. The van der Waals surface area contributed by atoms with Crippen molar-refractivity contribution in [1.29, 1.82) is 0 Å². The molecular weight excluding hydrogens is 268 g/mol. The van der Waals surface area contributed by atoms with Gasteiger partial charge in [0.25, 0.3) is 11.8 Å². The Bertz CT molecular complexity index is 469. The van der Waals surface area contributed by atoms with Crippen LogP contribution in [0.1, 0.15) is 18.4 Å². The average molecular weight is 285 g/mol. The third-order valence-corrected chi connectivity index (χ3v) is 3.29. The number of aliphatic hydroxyl groups is 1. The minimum absolute atomic E-state index is 0.0614. The van der Waals surface area contributed by atoms with Crippen LogP contribution in [0.2, 0.25) is 0 Å². The van der Waals surface area contributed by atoms with E-state index in [0.29, 0.717) is 11.3 Å². The summed E-state index contributed by atoms with van der Waals surface area (Å²) in [4.78, 5) is 13.2. The molecule has 0 unspecified atom stereocenters. The van der Waals surface area contributed by atoms with Crippen molar-refractivity contribution in [3.63, 3.8) is 0 Å². The molecule has 0 aliphatic carbocycles. The second kappa shape index (κ2) is 6.17. The number of nitrogens with zero attached hydrogens (tertiary/aromatic N) is 1. The molecule has 1 saturated heterocycles. The van der Waals surface area contributed by atoms with Crippen molar-refractivity contribution in [3.8, 4) is 5.75 Å². The summed E-state index contributed by atoms with van der Waals surface area (Å²) >= 11 is 0. The Morgan fingerprint density at radius 3 is 2.70 bits per heavy atom. The third kappa shape index (κ3) is 3.90. The van der Waals surface area contributed by atoms with Crippen LogP contribution < -0.4 is 4.74 Å². The molecule has 1 fully saturated rings. The summed E-state index contributed by atoms with van der Waals surface area (Å²) in [6.07, 6.45) is -0.586. The highest BCUT2D eigenvalue weighted by Gasteiger charge is 2.35. The minimum atomic E-state index is -2.66. The Morgan fingerprint density at radius 1 is 1.35 bits per heavy atom. The molecule has 20 heavy (non-hydrogen) atoms. The molecule has 0 saturated carbocycles. The monoisotopic (exact) mass is 285 g/mol. The number of ether oxygens (including phenoxy) is 1. The van der Waals surface area contributed by atoms with Crippen molar-refractivity contribution < 1.29 is 23.4 Å². The Balaban J connectivity index is 1.83. The first-order valence-electron chi connectivity index (χ1n) is 6.48. The van der Waals surface area contributed by atoms with Crippen LogP contribution in [0, 0.1) is 0 Å². The lowest BCUT2D eigenvalue weighted by atomic mass is 10.1. The van der Waals surface area contributed by atoms with E-state index in [4.69, 9.17) is 9.84 Å². The zero-order chi connectivity index (χ0) is 14.6. The van der Waals surface area contributed by atoms with E-state index in [-0.39, 0.29) is 45.1 Å². The van der Waals surface area contributed by atoms with E-state index in [1.807, 2.05) is 0 Å². The number of likely N-dealkylation sites (tertiary alicyclic amines) is 1. The first-order chi connectivity index (χ1) is 9.50. The van der Waals surface area contributed by atoms with Crippen LogP contribution in [0.15, 0.2) is 24.3 Å². The van der Waals surface area contributed by atoms with Gasteiger partial charge in [-0.1, -0.05) is 12.1 Å². The van der Waals surface area contributed by atoms with Crippen LogP contribution in [-0.2, 0) is 11.4 Å². The molecule has 1 heterocycles. The van der Waals surface area contributed by atoms with Gasteiger partial charge in [-0.05, 0) is 17.7 Å². The molecule has 2 rings (SSSR count). The summed E-state index contributed by atoms with van der Waals surface area (Å²) in [6, 6.07) is 6.77. The van der Waals surface area contributed by atoms with Crippen molar-refractivity contribution >= 4 is 5.91 Å². The Labute approximate surface area is 116 Å². The van der Waals surface area contributed by atoms with Crippen LogP contribution in [-0.4, -0.2) is 41.5 Å². The van der Waals surface area contributed by atoms with Crippen LogP contribution in [0.3, 0.4) is 0 Å². The Morgan fingerprint density at radius 2 is 2.05 bits per heavy atom. The standard InChI is InChI=1S/C14H17F2NO3/c15-14(16)4-6-17(7-5-14)13(19)10-20-12-3-1-2-11(8-12)9-18/h1-3,8,18H,4-7,9-10H2. The van der Waals surface area contributed by atoms with Crippen molar-refractivity contribution in [3.05, 3.63) is 29.8 Å². The maximum absolute atomic E-state index is 13.0. The van der Waals surface area contributed by atoms with Crippen molar-refractivity contribution in [2.45, 2.75) is 25.4 Å². The highest BCUT2D eigenvalue weighted by atomic mass is 19.3. The summed E-state index contributed by atoms with van der Waals surface area (Å²) in [7, 11) is 0. The molecule has 6 heteroatoms. The molecule has 1 aromatic rings. The van der Waals surface area contributed by atoms with Crippen LogP contribution in [0.5, 0.6) is 5.75 Å². The number of benzene rings is 1. The number of halogens is 2. The largest absolute Gasteiger partial charge is 0.484 e. The zero-order valence-corrected chi connectivity index (χ0v) is 11.0. The number of alkyl halides is 2. The summed E-state index contributed by atoms with van der Waals surface area (Å²) in [6.45, 7) is -0.162. The van der Waals surface area contributed by atoms with E-state index >= 15 is 0 Å². The van der Waals surface area contributed by atoms with E-state index in [0.717, 1.165) is 0 Å². The Kier molecular flexibility index (Phi) is 4.54. The van der Waals surface area contributed by atoms with E-state index in [9.17, 15) is 13.6 Å². The predicted molar refractivity (Wildman–Crippen MR) is 68.6 cm³/mol. The Hall–Kier alpha value is -1.69. The number of hydrogen-bond acceptors (Lipinski definition) is 3. The van der Waals surface area contributed by atoms with Gasteiger partial charge in [-0.25, -0.2) is 8.78 Å². The second-order valence-electron chi connectivity index (χ2n) is 4.83. The average Bonchev–Trinajstić information content (AvgIpc) is 2.45. The smallest absolute Gasteiger partial charge is 0.260 e. The first-order valence-corrected chi connectivity index (χ1v) is 6.48. The molecule has 1 aliphatic rings. The highest BCUT2D eigenvalue weighted by molar-refractivity contribution is 5.77. The highest BCUT2D eigenvalue weighted by Crippen LogP contribution is 2.27. The van der Waals surface area contributed by atoms with Gasteiger partial charge >= 0.3 is 0 Å². The summed E-state index contributed by atoms with van der Waals surface area (Å²) in [5.74, 6) is -2.48. The molecule has 0 atom stereocenters. The number of aliphatic hydroxyl groups excluding tert-OH is 1. The van der Waals surface area contributed by atoms with Crippen molar-refractivity contribution in [2.24, 2.45) is 0 Å². The number of hydrogen-bond donors (Lipinski definition) is 1. The van der Waals surface area contributed by atoms with Gasteiger partial charge < -0.3 is 14.7 Å². The zero-order valence-electron chi connectivity index (χ0n) is 11.0. The molecule has 4 nitrogen and oxygen atoms in total. The number of carbonyl (C=O) groups excluding carboxylic acids is 1. The summed E-state index contributed by atoms with van der Waals surface area (Å²) in [5.41, 5.74) is 0.688. The van der Waals surface area contributed by atoms with Crippen molar-refractivity contribution in [1.82, 2.24) is 4.90 Å². The van der Waals surface area contributed by atoms with Crippen LogP contribution in [0.25, 0.3) is 0 Å². The minimum Gasteiger partial charge on any atom is -0.484 e. The molecule has 1 amide bonds. The van der Waals surface area contributed by atoms with E-state index in [1.54, 1.807) is 24.3 Å². The molecule has 0 bridgehead atoms. The molecule has 0 radical (unpaired) electrons. The fraction of sp³-hybridized carbons (Fsp3) is 0.500. The van der Waals surface area contributed by atoms with E-state index < -0.39 is 5.92 Å². The summed E-state index contributed by atoms with van der Waals surface area (Å²) in [5, 5.41) is 8.99. The van der Waals surface area contributed by atoms with Crippen molar-refractivity contribution in [2.75, 3.05) is 19.7 Å². The van der Waals surface area contributed by atoms with Gasteiger partial charge in [0.2, 0.25) is 0 Å². The van der Waals surface area contributed by atoms with Gasteiger partial charge in [0, 0.05) is 25.9 Å². The van der Waals surface area contributed by atoms with Gasteiger partial charge in [0.1, 0.15) is 5.75 Å². The SMILES string of the molecule is O=C(COc1cccc(CO)c1)N1CCC(F)(F)CC1. The molecule has 110 valence electrons. The van der Waals surface area contributed by atoms with Gasteiger partial charge in [0.15, 0.2) is 6.61 Å². The van der Waals surface area contributed by atoms with Crippen LogP contribution >= 0.6 is 0 Å². The number of carbonyl (C=O) groups is 1. The lowest BCUT2D eigenvalue weighted by Crippen LogP contribution is -2.44. The van der Waals surface area contributed by atoms with Gasteiger partial charge in [0.05, 0.1) is 6.61 Å². The molecule has 0 aromatic heterocycles. The predicted octanol–water partition coefficient (Wildman–Crippen LogP) is 1.82. The fourth-order valence-electron chi connectivity index (χ4n) is 2.05. The lowest BCUT2D eigenvalue weighted by molar-refractivity contribution is -0.139. The molecule has 1 N–H and O–H groups in total. The quantitative estimate of drug-likeness (QED) is 0.918. The third-order valence-electron chi connectivity index (χ3n) is 3.29. The number of piperidine rings is 1. The van der Waals surface area contributed by atoms with E-state index in [2.05, 4.69) is 0 Å². The maximum Gasteiger partial charge on any atom is 0.260 e. The van der Waals surface area contributed by atoms with Gasteiger partial charge in [-0.15, -0.1) is 0 Å². The van der Waals surface area contributed by atoms with Gasteiger partial charge in [-0.3, -0.25) is 4.79 Å². The maximum atomic E-state index is 13.0. The first kappa shape index (κ1) is 14.7. The molecule has 1 aromatic carbocycles. The lowest BCUT2D eigenvalue weighted by Gasteiger charge is -2.31. The van der Waals surface area contributed by atoms with E-state index in [1.165, 1.54) is 4.90 Å². The second-order valence-corrected chi connectivity index (χ2v) is 4.83. The fourth-order valence-corrected chi connectivity index (χ4v) is 2.05. The van der Waals surface area contributed by atoms with Gasteiger partial charge in [-0.2, -0.15) is 0 Å². The normalized spacial score (nSPS) is 17.9. The number of rotatable bonds is 4. The molecular formula is C14H17F2NO3. The molecule has 0 spiro atoms.